The second-order valence-electron chi connectivity index (χ2n) is 4.40. The lowest BCUT2D eigenvalue weighted by Crippen LogP contribution is -2.13. The maximum absolute atomic E-state index is 12.3. The van der Waals surface area contributed by atoms with Crippen molar-refractivity contribution in [2.24, 2.45) is 0 Å². The summed E-state index contributed by atoms with van der Waals surface area (Å²) in [4.78, 5) is 12.3. The third-order valence-electron chi connectivity index (χ3n) is 2.82. The van der Waals surface area contributed by atoms with Crippen LogP contribution in [-0.2, 0) is 0 Å². The maximum atomic E-state index is 12.3. The molecule has 2 rings (SSSR count). The number of carbonyl (C=O) groups is 1. The summed E-state index contributed by atoms with van der Waals surface area (Å²) in [5, 5.41) is 2.92. The van der Waals surface area contributed by atoms with Crippen molar-refractivity contribution < 1.29 is 4.79 Å². The smallest absolute Gasteiger partial charge is 0.255 e. The van der Waals surface area contributed by atoms with Crippen molar-refractivity contribution in [3.63, 3.8) is 0 Å². The molecule has 2 aromatic rings. The lowest BCUT2D eigenvalue weighted by Gasteiger charge is -2.09. The van der Waals surface area contributed by atoms with E-state index in [9.17, 15) is 4.79 Å². The van der Waals surface area contributed by atoms with Crippen molar-refractivity contribution >= 4 is 50.1 Å². The minimum Gasteiger partial charge on any atom is -0.322 e. The number of hydrogen-bond acceptors (Lipinski definition) is 1. The lowest BCUT2D eigenvalue weighted by molar-refractivity contribution is 0.102. The molecule has 0 unspecified atom stereocenters. The molecule has 0 heterocycles. The van der Waals surface area contributed by atoms with Gasteiger partial charge in [-0.15, -0.1) is 0 Å². The van der Waals surface area contributed by atoms with E-state index in [-0.39, 0.29) is 5.91 Å². The van der Waals surface area contributed by atoms with Gasteiger partial charge in [0.05, 0.1) is 0 Å². The number of amides is 1. The number of halogens is 2. The van der Waals surface area contributed by atoms with Crippen LogP contribution in [0.5, 0.6) is 0 Å². The molecule has 0 atom stereocenters. The minimum absolute atomic E-state index is 0.0747. The molecule has 0 saturated carbocycles. The van der Waals surface area contributed by atoms with Gasteiger partial charge in [0.25, 0.3) is 5.91 Å². The predicted molar refractivity (Wildman–Crippen MR) is 90.7 cm³/mol. The van der Waals surface area contributed by atoms with Gasteiger partial charge in [0.2, 0.25) is 0 Å². The van der Waals surface area contributed by atoms with Crippen LogP contribution < -0.4 is 5.32 Å². The fraction of sp³-hybridized carbons (Fsp3) is 0.133. The Kier molecular flexibility index (Phi) is 4.62. The van der Waals surface area contributed by atoms with Crippen LogP contribution >= 0.6 is 38.5 Å². The molecule has 2 aromatic carbocycles. The Bertz CT molecular complexity index is 640. The second kappa shape index (κ2) is 6.05. The lowest BCUT2D eigenvalue weighted by atomic mass is 10.1. The van der Waals surface area contributed by atoms with Crippen molar-refractivity contribution in [2.75, 3.05) is 5.32 Å². The Morgan fingerprint density at radius 2 is 1.89 bits per heavy atom. The summed E-state index contributed by atoms with van der Waals surface area (Å²) in [5.74, 6) is -0.0747. The third-order valence-corrected chi connectivity index (χ3v) is 5.15. The van der Waals surface area contributed by atoms with Crippen molar-refractivity contribution in [3.05, 3.63) is 61.1 Å². The molecule has 98 valence electrons. The van der Waals surface area contributed by atoms with Gasteiger partial charge in [-0.3, -0.25) is 4.79 Å². The second-order valence-corrected chi connectivity index (χ2v) is 6.42. The summed E-state index contributed by atoms with van der Waals surface area (Å²) in [6, 6.07) is 11.7. The monoisotopic (exact) mass is 429 g/mol. The number of hydrogen-bond donors (Lipinski definition) is 1. The van der Waals surface area contributed by atoms with E-state index in [1.54, 1.807) is 0 Å². The molecule has 0 radical (unpaired) electrons. The van der Waals surface area contributed by atoms with E-state index in [1.807, 2.05) is 50.2 Å². The maximum Gasteiger partial charge on any atom is 0.255 e. The van der Waals surface area contributed by atoms with Gasteiger partial charge < -0.3 is 5.32 Å². The molecule has 19 heavy (non-hydrogen) atoms. The Morgan fingerprint density at radius 3 is 2.58 bits per heavy atom. The first-order valence-corrected chi connectivity index (χ1v) is 7.68. The zero-order valence-electron chi connectivity index (χ0n) is 10.6. The molecule has 0 aliphatic heterocycles. The highest BCUT2D eigenvalue weighted by molar-refractivity contribution is 14.1. The molecular formula is C15H13BrINO. The number of benzene rings is 2. The molecule has 0 aliphatic carbocycles. The standard InChI is InChI=1S/C15H13BrINO/c1-9-3-4-10(2)12(7-9)15(19)18-11-5-6-14(17)13(16)8-11/h3-8H,1-2H3,(H,18,19). The molecule has 0 aromatic heterocycles. The summed E-state index contributed by atoms with van der Waals surface area (Å²) in [6.07, 6.45) is 0. The van der Waals surface area contributed by atoms with Crippen LogP contribution in [0.2, 0.25) is 0 Å². The third kappa shape index (κ3) is 3.57. The van der Waals surface area contributed by atoms with E-state index >= 15 is 0 Å². The fourth-order valence-electron chi connectivity index (χ4n) is 1.75. The molecule has 1 N–H and O–H groups in total. The SMILES string of the molecule is Cc1ccc(C)c(C(=O)Nc2ccc(I)c(Br)c2)c1. The quantitative estimate of drug-likeness (QED) is 0.674. The number of carbonyl (C=O) groups excluding carboxylic acids is 1. The van der Waals surface area contributed by atoms with E-state index in [2.05, 4.69) is 43.8 Å². The largest absolute Gasteiger partial charge is 0.322 e. The molecule has 0 saturated heterocycles. The van der Waals surface area contributed by atoms with Crippen molar-refractivity contribution in [1.82, 2.24) is 0 Å². The highest BCUT2D eigenvalue weighted by Gasteiger charge is 2.10. The summed E-state index contributed by atoms with van der Waals surface area (Å²) in [6.45, 7) is 3.93. The van der Waals surface area contributed by atoms with Crippen LogP contribution in [0.15, 0.2) is 40.9 Å². The van der Waals surface area contributed by atoms with E-state index in [0.29, 0.717) is 0 Å². The molecular weight excluding hydrogens is 417 g/mol. The highest BCUT2D eigenvalue weighted by Crippen LogP contribution is 2.23. The molecule has 0 fully saturated rings. The van der Waals surface area contributed by atoms with Crippen LogP contribution in [0, 0.1) is 17.4 Å². The Morgan fingerprint density at radius 1 is 1.16 bits per heavy atom. The van der Waals surface area contributed by atoms with Gasteiger partial charge in [0.15, 0.2) is 0 Å². The number of nitrogens with one attached hydrogen (secondary N) is 1. The molecule has 2 nitrogen and oxygen atoms in total. The van der Waals surface area contributed by atoms with Crippen molar-refractivity contribution in [2.45, 2.75) is 13.8 Å². The summed E-state index contributed by atoms with van der Waals surface area (Å²) < 4.78 is 2.09. The van der Waals surface area contributed by atoms with Crippen molar-refractivity contribution in [3.8, 4) is 0 Å². The zero-order valence-corrected chi connectivity index (χ0v) is 14.4. The molecule has 0 spiro atoms. The van der Waals surface area contributed by atoms with Crippen LogP contribution in [0.4, 0.5) is 5.69 Å². The van der Waals surface area contributed by atoms with Gasteiger partial charge in [0.1, 0.15) is 0 Å². The summed E-state index contributed by atoms with van der Waals surface area (Å²) in [5.41, 5.74) is 3.57. The van der Waals surface area contributed by atoms with Gasteiger partial charge in [-0.25, -0.2) is 0 Å². The summed E-state index contributed by atoms with van der Waals surface area (Å²) in [7, 11) is 0. The first-order chi connectivity index (χ1) is 8.97. The highest BCUT2D eigenvalue weighted by atomic mass is 127. The van der Waals surface area contributed by atoms with Crippen molar-refractivity contribution in [1.29, 1.82) is 0 Å². The normalized spacial score (nSPS) is 10.3. The number of rotatable bonds is 2. The minimum atomic E-state index is -0.0747. The zero-order chi connectivity index (χ0) is 14.0. The molecule has 0 aliphatic rings. The average Bonchev–Trinajstić information content (AvgIpc) is 2.36. The van der Waals surface area contributed by atoms with E-state index in [1.165, 1.54) is 0 Å². The van der Waals surface area contributed by atoms with Gasteiger partial charge in [0, 0.05) is 19.3 Å². The fourth-order valence-corrected chi connectivity index (χ4v) is 2.47. The van der Waals surface area contributed by atoms with Gasteiger partial charge in [-0.1, -0.05) is 17.7 Å². The van der Waals surface area contributed by atoms with E-state index in [0.717, 1.165) is 30.4 Å². The number of aryl methyl sites for hydroxylation is 2. The average molecular weight is 430 g/mol. The Hall–Kier alpha value is -0.880. The summed E-state index contributed by atoms with van der Waals surface area (Å²) >= 11 is 5.70. The first kappa shape index (κ1) is 14.5. The molecule has 0 bridgehead atoms. The Balaban J connectivity index is 2.25. The van der Waals surface area contributed by atoms with Gasteiger partial charge >= 0.3 is 0 Å². The van der Waals surface area contributed by atoms with Gasteiger partial charge in [-0.05, 0) is 82.2 Å². The van der Waals surface area contributed by atoms with Crippen LogP contribution in [0.3, 0.4) is 0 Å². The Labute approximate surface area is 134 Å². The van der Waals surface area contributed by atoms with Crippen LogP contribution in [0.25, 0.3) is 0 Å². The topological polar surface area (TPSA) is 29.1 Å². The number of anilines is 1. The van der Waals surface area contributed by atoms with Crippen LogP contribution in [-0.4, -0.2) is 5.91 Å². The van der Waals surface area contributed by atoms with Crippen LogP contribution in [0.1, 0.15) is 21.5 Å². The molecule has 4 heteroatoms. The molecule has 1 amide bonds. The van der Waals surface area contributed by atoms with E-state index in [4.69, 9.17) is 0 Å². The first-order valence-electron chi connectivity index (χ1n) is 5.81. The van der Waals surface area contributed by atoms with E-state index < -0.39 is 0 Å². The van der Waals surface area contributed by atoms with Gasteiger partial charge in [-0.2, -0.15) is 0 Å². The predicted octanol–water partition coefficient (Wildman–Crippen LogP) is 4.92.